The average molecular weight is 252 g/mol. The fourth-order valence-corrected chi connectivity index (χ4v) is 4.08. The lowest BCUT2D eigenvalue weighted by atomic mass is 9.80. The van der Waals surface area contributed by atoms with Gasteiger partial charge in [0.05, 0.1) is 0 Å². The van der Waals surface area contributed by atoms with E-state index in [1.165, 1.54) is 64.7 Å². The summed E-state index contributed by atoms with van der Waals surface area (Å²) in [4.78, 5) is 2.73. The summed E-state index contributed by atoms with van der Waals surface area (Å²) in [6.45, 7) is 12.2. The Morgan fingerprint density at radius 2 is 1.83 bits per heavy atom. The first-order valence-electron chi connectivity index (χ1n) is 8.07. The largest absolute Gasteiger partial charge is 0.309 e. The van der Waals surface area contributed by atoms with E-state index in [4.69, 9.17) is 0 Å². The first-order valence-corrected chi connectivity index (χ1v) is 8.07. The van der Waals surface area contributed by atoms with Gasteiger partial charge in [-0.1, -0.05) is 40.0 Å². The molecule has 1 saturated heterocycles. The summed E-state index contributed by atoms with van der Waals surface area (Å²) < 4.78 is 0. The highest BCUT2D eigenvalue weighted by molar-refractivity contribution is 4.96. The Bertz CT molecular complexity index is 238. The molecule has 2 fully saturated rings. The van der Waals surface area contributed by atoms with E-state index in [2.05, 4.69) is 31.0 Å². The second-order valence-corrected chi connectivity index (χ2v) is 7.24. The van der Waals surface area contributed by atoms with E-state index < -0.39 is 0 Å². The van der Waals surface area contributed by atoms with Crippen LogP contribution in [0.1, 0.15) is 59.3 Å². The predicted molar refractivity (Wildman–Crippen MR) is 78.9 cm³/mol. The lowest BCUT2D eigenvalue weighted by Crippen LogP contribution is -2.61. The molecule has 0 aromatic heterocycles. The molecule has 1 spiro atoms. The maximum atomic E-state index is 3.84. The zero-order valence-electron chi connectivity index (χ0n) is 12.7. The quantitative estimate of drug-likeness (QED) is 0.826. The van der Waals surface area contributed by atoms with E-state index in [0.717, 1.165) is 11.8 Å². The van der Waals surface area contributed by atoms with Gasteiger partial charge in [-0.25, -0.2) is 0 Å². The minimum atomic E-state index is 0.480. The smallest absolute Gasteiger partial charge is 0.0309 e. The van der Waals surface area contributed by atoms with Crippen LogP contribution < -0.4 is 5.32 Å². The first kappa shape index (κ1) is 14.3. The fraction of sp³-hybridized carbons (Fsp3) is 1.00. The maximum absolute atomic E-state index is 3.84. The normalized spacial score (nSPS) is 26.7. The van der Waals surface area contributed by atoms with Crippen molar-refractivity contribution in [2.75, 3.05) is 26.2 Å². The van der Waals surface area contributed by atoms with E-state index in [1.807, 2.05) is 0 Å². The van der Waals surface area contributed by atoms with E-state index in [0.29, 0.717) is 5.54 Å². The van der Waals surface area contributed by atoms with Crippen molar-refractivity contribution in [2.24, 2.45) is 11.8 Å². The molecule has 1 N–H and O–H groups in total. The van der Waals surface area contributed by atoms with Crippen molar-refractivity contribution in [3.63, 3.8) is 0 Å². The standard InChI is InChI=1S/C16H32N2/c1-14(2)11-15(3)12-18-10-9-17-16(13-18)7-5-4-6-8-16/h14-15,17H,4-13H2,1-3H3. The van der Waals surface area contributed by atoms with Gasteiger partial charge in [-0.3, -0.25) is 4.90 Å². The van der Waals surface area contributed by atoms with E-state index in [1.54, 1.807) is 0 Å². The van der Waals surface area contributed by atoms with Crippen molar-refractivity contribution in [3.05, 3.63) is 0 Å². The second-order valence-electron chi connectivity index (χ2n) is 7.24. The van der Waals surface area contributed by atoms with Gasteiger partial charge in [-0.15, -0.1) is 0 Å². The van der Waals surface area contributed by atoms with Gasteiger partial charge >= 0.3 is 0 Å². The molecule has 18 heavy (non-hydrogen) atoms. The summed E-state index contributed by atoms with van der Waals surface area (Å²) in [6, 6.07) is 0. The Morgan fingerprint density at radius 3 is 2.50 bits per heavy atom. The topological polar surface area (TPSA) is 15.3 Å². The molecule has 1 saturated carbocycles. The van der Waals surface area contributed by atoms with Gasteiger partial charge in [-0.05, 0) is 31.1 Å². The molecule has 0 radical (unpaired) electrons. The van der Waals surface area contributed by atoms with Crippen LogP contribution in [-0.4, -0.2) is 36.6 Å². The summed E-state index contributed by atoms with van der Waals surface area (Å²) in [5.74, 6) is 1.69. The summed E-state index contributed by atoms with van der Waals surface area (Å²) in [5, 5.41) is 3.84. The minimum absolute atomic E-state index is 0.480. The Labute approximate surface area is 114 Å². The second kappa shape index (κ2) is 6.38. The van der Waals surface area contributed by atoms with Gasteiger partial charge in [0.25, 0.3) is 0 Å². The Morgan fingerprint density at radius 1 is 1.11 bits per heavy atom. The van der Waals surface area contributed by atoms with Crippen molar-refractivity contribution in [1.29, 1.82) is 0 Å². The summed E-state index contributed by atoms with van der Waals surface area (Å²) in [5.41, 5.74) is 0.480. The van der Waals surface area contributed by atoms with Crippen LogP contribution in [-0.2, 0) is 0 Å². The van der Waals surface area contributed by atoms with Gasteiger partial charge in [0.15, 0.2) is 0 Å². The molecule has 0 bridgehead atoms. The van der Waals surface area contributed by atoms with Crippen LogP contribution >= 0.6 is 0 Å². The molecule has 106 valence electrons. The van der Waals surface area contributed by atoms with Crippen LogP contribution in [0.3, 0.4) is 0 Å². The van der Waals surface area contributed by atoms with Crippen molar-refractivity contribution >= 4 is 0 Å². The molecule has 2 rings (SSSR count). The summed E-state index contributed by atoms with van der Waals surface area (Å²) in [7, 11) is 0. The molecule has 1 aliphatic heterocycles. The van der Waals surface area contributed by atoms with Gasteiger partial charge < -0.3 is 5.32 Å². The van der Waals surface area contributed by atoms with Crippen molar-refractivity contribution in [3.8, 4) is 0 Å². The van der Waals surface area contributed by atoms with Crippen molar-refractivity contribution in [1.82, 2.24) is 10.2 Å². The van der Waals surface area contributed by atoms with Crippen LogP contribution in [0.15, 0.2) is 0 Å². The lowest BCUT2D eigenvalue weighted by molar-refractivity contribution is 0.0867. The third kappa shape index (κ3) is 3.96. The molecule has 1 atom stereocenters. The lowest BCUT2D eigenvalue weighted by Gasteiger charge is -2.46. The molecule has 2 aliphatic rings. The van der Waals surface area contributed by atoms with Crippen LogP contribution in [0.4, 0.5) is 0 Å². The molecular weight excluding hydrogens is 220 g/mol. The zero-order valence-corrected chi connectivity index (χ0v) is 12.7. The van der Waals surface area contributed by atoms with Gasteiger partial charge in [-0.2, -0.15) is 0 Å². The Balaban J connectivity index is 1.82. The number of rotatable bonds is 4. The molecule has 0 aromatic rings. The third-order valence-corrected chi connectivity index (χ3v) is 4.71. The zero-order chi connectivity index (χ0) is 13.0. The monoisotopic (exact) mass is 252 g/mol. The minimum Gasteiger partial charge on any atom is -0.309 e. The van der Waals surface area contributed by atoms with Crippen LogP contribution in [0.5, 0.6) is 0 Å². The van der Waals surface area contributed by atoms with Gasteiger partial charge in [0.1, 0.15) is 0 Å². The fourth-order valence-electron chi connectivity index (χ4n) is 4.08. The summed E-state index contributed by atoms with van der Waals surface area (Å²) in [6.07, 6.45) is 8.50. The molecular formula is C16H32N2. The highest BCUT2D eigenvalue weighted by Gasteiger charge is 2.36. The molecule has 0 amide bonds. The molecule has 2 heteroatoms. The SMILES string of the molecule is CC(C)CC(C)CN1CCNC2(CCCCC2)C1. The number of piperazine rings is 1. The Kier molecular flexibility index (Phi) is 5.08. The van der Waals surface area contributed by atoms with E-state index in [-0.39, 0.29) is 0 Å². The maximum Gasteiger partial charge on any atom is 0.0309 e. The molecule has 0 aromatic carbocycles. The number of nitrogens with one attached hydrogen (secondary N) is 1. The van der Waals surface area contributed by atoms with E-state index in [9.17, 15) is 0 Å². The van der Waals surface area contributed by atoms with Crippen molar-refractivity contribution < 1.29 is 0 Å². The number of nitrogens with zero attached hydrogens (tertiary/aromatic N) is 1. The average Bonchev–Trinajstić information content (AvgIpc) is 2.28. The van der Waals surface area contributed by atoms with E-state index >= 15 is 0 Å². The molecule has 2 nitrogen and oxygen atoms in total. The highest BCUT2D eigenvalue weighted by atomic mass is 15.2. The highest BCUT2D eigenvalue weighted by Crippen LogP contribution is 2.31. The molecule has 1 aliphatic carbocycles. The van der Waals surface area contributed by atoms with Gasteiger partial charge in [0.2, 0.25) is 0 Å². The third-order valence-electron chi connectivity index (χ3n) is 4.71. The molecule has 1 heterocycles. The van der Waals surface area contributed by atoms with Gasteiger partial charge in [0, 0.05) is 31.7 Å². The van der Waals surface area contributed by atoms with Crippen LogP contribution in [0.25, 0.3) is 0 Å². The number of hydrogen-bond acceptors (Lipinski definition) is 2. The van der Waals surface area contributed by atoms with Crippen molar-refractivity contribution in [2.45, 2.75) is 64.8 Å². The summed E-state index contributed by atoms with van der Waals surface area (Å²) >= 11 is 0. The molecule has 1 unspecified atom stereocenters. The predicted octanol–water partition coefficient (Wildman–Crippen LogP) is 3.28. The van der Waals surface area contributed by atoms with Crippen LogP contribution in [0, 0.1) is 11.8 Å². The first-order chi connectivity index (χ1) is 8.60. The van der Waals surface area contributed by atoms with Crippen LogP contribution in [0.2, 0.25) is 0 Å². The Hall–Kier alpha value is -0.0800. The number of hydrogen-bond donors (Lipinski definition) is 1.